The van der Waals surface area contributed by atoms with Gasteiger partial charge in [0, 0.05) is 37.0 Å². The van der Waals surface area contributed by atoms with Crippen LogP contribution in [0.2, 0.25) is 0 Å². The van der Waals surface area contributed by atoms with Gasteiger partial charge in [0.2, 0.25) is 0 Å². The molecule has 0 radical (unpaired) electrons. The van der Waals surface area contributed by atoms with Gasteiger partial charge in [0.05, 0.1) is 31.3 Å². The summed E-state index contributed by atoms with van der Waals surface area (Å²) in [4.78, 5) is 32.0. The van der Waals surface area contributed by atoms with E-state index in [9.17, 15) is 9.59 Å². The number of allylic oxidation sites excluding steroid dienone is 1. The van der Waals surface area contributed by atoms with Gasteiger partial charge in [0.1, 0.15) is 11.5 Å². The van der Waals surface area contributed by atoms with E-state index in [4.69, 9.17) is 9.47 Å². The number of fused-ring (bicyclic) bond motifs is 2. The molecule has 0 spiro atoms. The standard InChI is InChI=1S/C26H34N4O4S/c1-6-28(24(31)27-23-9-8-14-35-23)13-12-26(3)22-11-10-20-18(15-19(33-4)16-21(20)34-5)17-29(22)25(32)30(26)7-2/h8-9,11,14-16H,6-7,10,12-13,17H2,1-5H3,(H,27,31). The lowest BCUT2D eigenvalue weighted by atomic mass is 9.91. The largest absolute Gasteiger partial charge is 0.497 e. The van der Waals surface area contributed by atoms with Crippen LogP contribution in [0.15, 0.2) is 41.4 Å². The van der Waals surface area contributed by atoms with Gasteiger partial charge in [0.15, 0.2) is 0 Å². The molecule has 1 aromatic carbocycles. The van der Waals surface area contributed by atoms with Crippen LogP contribution in [0.4, 0.5) is 14.6 Å². The van der Waals surface area contributed by atoms with E-state index in [1.54, 1.807) is 19.1 Å². The number of anilines is 1. The zero-order chi connectivity index (χ0) is 25.2. The quantitative estimate of drug-likeness (QED) is 0.545. The third-order valence-electron chi connectivity index (χ3n) is 7.06. The second-order valence-corrected chi connectivity index (χ2v) is 9.83. The summed E-state index contributed by atoms with van der Waals surface area (Å²) in [7, 11) is 3.29. The van der Waals surface area contributed by atoms with Gasteiger partial charge in [-0.25, -0.2) is 9.59 Å². The number of carbonyl (C=O) groups is 2. The molecule has 1 fully saturated rings. The summed E-state index contributed by atoms with van der Waals surface area (Å²) < 4.78 is 11.1. The van der Waals surface area contributed by atoms with E-state index in [0.29, 0.717) is 44.8 Å². The Bertz CT molecular complexity index is 1120. The molecule has 0 saturated carbocycles. The van der Waals surface area contributed by atoms with Crippen LogP contribution >= 0.6 is 11.3 Å². The van der Waals surface area contributed by atoms with Crippen molar-refractivity contribution in [2.75, 3.05) is 39.2 Å². The van der Waals surface area contributed by atoms with Gasteiger partial charge in [-0.1, -0.05) is 6.08 Å². The normalized spacial score (nSPS) is 19.0. The summed E-state index contributed by atoms with van der Waals surface area (Å²) in [5.74, 6) is 1.47. The molecular weight excluding hydrogens is 464 g/mol. The molecule has 1 atom stereocenters. The van der Waals surface area contributed by atoms with Crippen LogP contribution in [0.25, 0.3) is 0 Å². The molecule has 1 N–H and O–H groups in total. The number of urea groups is 2. The van der Waals surface area contributed by atoms with Crippen molar-refractivity contribution in [2.45, 2.75) is 45.7 Å². The maximum Gasteiger partial charge on any atom is 0.325 e. The summed E-state index contributed by atoms with van der Waals surface area (Å²) in [6.07, 6.45) is 3.44. The van der Waals surface area contributed by atoms with Gasteiger partial charge in [-0.2, -0.15) is 0 Å². The summed E-state index contributed by atoms with van der Waals surface area (Å²) in [6, 6.07) is 7.54. The predicted molar refractivity (Wildman–Crippen MR) is 138 cm³/mol. The molecule has 188 valence electrons. The number of ether oxygens (including phenoxy) is 2. The maximum atomic E-state index is 13.6. The highest BCUT2D eigenvalue weighted by Gasteiger charge is 2.50. The summed E-state index contributed by atoms with van der Waals surface area (Å²) in [5.41, 5.74) is 2.55. The van der Waals surface area contributed by atoms with Gasteiger partial charge < -0.3 is 19.3 Å². The minimum absolute atomic E-state index is 0.0121. The van der Waals surface area contributed by atoms with Crippen molar-refractivity contribution >= 4 is 28.4 Å². The molecular formula is C26H34N4O4S. The van der Waals surface area contributed by atoms with Gasteiger partial charge >= 0.3 is 12.1 Å². The van der Waals surface area contributed by atoms with Gasteiger partial charge in [-0.05, 0) is 62.8 Å². The number of hydrogen-bond acceptors (Lipinski definition) is 5. The number of hydrogen-bond donors (Lipinski definition) is 1. The van der Waals surface area contributed by atoms with E-state index in [1.807, 2.05) is 53.3 Å². The second kappa shape index (κ2) is 10.2. The molecule has 35 heavy (non-hydrogen) atoms. The Kier molecular flexibility index (Phi) is 7.25. The fourth-order valence-electron chi connectivity index (χ4n) is 5.13. The average Bonchev–Trinajstić information content (AvgIpc) is 3.36. The van der Waals surface area contributed by atoms with Crippen molar-refractivity contribution < 1.29 is 19.1 Å². The first kappa shape index (κ1) is 24.9. The van der Waals surface area contributed by atoms with E-state index < -0.39 is 5.54 Å². The average molecular weight is 499 g/mol. The highest BCUT2D eigenvalue weighted by atomic mass is 32.1. The predicted octanol–water partition coefficient (Wildman–Crippen LogP) is 5.17. The Hall–Kier alpha value is -3.20. The number of nitrogens with one attached hydrogen (secondary N) is 1. The first-order valence-electron chi connectivity index (χ1n) is 12.0. The molecule has 4 rings (SSSR count). The minimum atomic E-state index is -0.526. The number of rotatable bonds is 8. The third kappa shape index (κ3) is 4.57. The summed E-state index contributed by atoms with van der Waals surface area (Å²) in [6.45, 7) is 8.24. The molecule has 0 bridgehead atoms. The van der Waals surface area contributed by atoms with Crippen LogP contribution in [0.1, 0.15) is 38.3 Å². The van der Waals surface area contributed by atoms with Gasteiger partial charge in [0.25, 0.3) is 0 Å². The minimum Gasteiger partial charge on any atom is -0.497 e. The fraction of sp³-hybridized carbons (Fsp3) is 0.462. The lowest BCUT2D eigenvalue weighted by Crippen LogP contribution is -2.47. The molecule has 2 aromatic rings. The Morgan fingerprint density at radius 3 is 2.69 bits per heavy atom. The van der Waals surface area contributed by atoms with E-state index in [1.165, 1.54) is 11.3 Å². The zero-order valence-corrected chi connectivity index (χ0v) is 21.9. The first-order valence-corrected chi connectivity index (χ1v) is 12.9. The van der Waals surface area contributed by atoms with E-state index in [-0.39, 0.29) is 12.1 Å². The highest BCUT2D eigenvalue weighted by molar-refractivity contribution is 7.14. The molecule has 4 amide bonds. The number of likely N-dealkylation sites (N-methyl/N-ethyl adjacent to an activating group) is 1. The van der Waals surface area contributed by atoms with Gasteiger partial charge in [-0.3, -0.25) is 10.2 Å². The monoisotopic (exact) mass is 498 g/mol. The first-order chi connectivity index (χ1) is 16.9. The van der Waals surface area contributed by atoms with Crippen molar-refractivity contribution in [1.82, 2.24) is 14.7 Å². The SMILES string of the molecule is CCN(CCC1(C)C2=CCc3c(cc(OC)cc3OC)CN2C(=O)N1CC)C(=O)Nc1cccs1. The molecule has 9 heteroatoms. The summed E-state index contributed by atoms with van der Waals surface area (Å²) >= 11 is 1.50. The molecule has 1 aromatic heterocycles. The maximum absolute atomic E-state index is 13.6. The van der Waals surface area contributed by atoms with Crippen LogP contribution < -0.4 is 14.8 Å². The van der Waals surface area contributed by atoms with Crippen molar-refractivity contribution in [3.63, 3.8) is 0 Å². The fourth-order valence-corrected chi connectivity index (χ4v) is 5.73. The number of benzene rings is 1. The van der Waals surface area contributed by atoms with Crippen LogP contribution in [0, 0.1) is 0 Å². The van der Waals surface area contributed by atoms with Crippen LogP contribution in [0.5, 0.6) is 11.5 Å². The molecule has 2 aliphatic rings. The van der Waals surface area contributed by atoms with E-state index in [0.717, 1.165) is 27.6 Å². The van der Waals surface area contributed by atoms with Crippen LogP contribution in [0.3, 0.4) is 0 Å². The summed E-state index contributed by atoms with van der Waals surface area (Å²) in [5, 5.41) is 5.73. The molecule has 0 aliphatic carbocycles. The Morgan fingerprint density at radius 1 is 1.26 bits per heavy atom. The Morgan fingerprint density at radius 2 is 2.06 bits per heavy atom. The smallest absolute Gasteiger partial charge is 0.325 e. The topological polar surface area (TPSA) is 74.4 Å². The van der Waals surface area contributed by atoms with Crippen molar-refractivity contribution in [3.05, 3.63) is 52.5 Å². The van der Waals surface area contributed by atoms with Crippen molar-refractivity contribution in [2.24, 2.45) is 0 Å². The number of nitrogens with zero attached hydrogens (tertiary/aromatic N) is 3. The van der Waals surface area contributed by atoms with Crippen LogP contribution in [-0.4, -0.2) is 66.2 Å². The van der Waals surface area contributed by atoms with Crippen molar-refractivity contribution in [1.29, 1.82) is 0 Å². The Labute approximate surface area is 211 Å². The van der Waals surface area contributed by atoms with E-state index >= 15 is 0 Å². The zero-order valence-electron chi connectivity index (χ0n) is 21.1. The molecule has 2 aliphatic heterocycles. The van der Waals surface area contributed by atoms with Crippen molar-refractivity contribution in [3.8, 4) is 11.5 Å². The van der Waals surface area contributed by atoms with Crippen LogP contribution in [-0.2, 0) is 13.0 Å². The van der Waals surface area contributed by atoms with E-state index in [2.05, 4.69) is 18.3 Å². The lowest BCUT2D eigenvalue weighted by molar-refractivity contribution is 0.157. The lowest BCUT2D eigenvalue weighted by Gasteiger charge is -2.36. The highest BCUT2D eigenvalue weighted by Crippen LogP contribution is 2.43. The molecule has 3 heterocycles. The second-order valence-electron chi connectivity index (χ2n) is 8.88. The number of thiophene rings is 1. The molecule has 8 nitrogen and oxygen atoms in total. The van der Waals surface area contributed by atoms with Gasteiger partial charge in [-0.15, -0.1) is 11.3 Å². The number of methoxy groups -OCH3 is 2. The molecule has 1 saturated heterocycles. The number of carbonyl (C=O) groups excluding carboxylic acids is 2. The third-order valence-corrected chi connectivity index (χ3v) is 7.85. The number of amides is 4. The molecule has 1 unspecified atom stereocenters. The Balaban J connectivity index is 1.60.